The normalized spacial score (nSPS) is 17.1. The van der Waals surface area contributed by atoms with E-state index < -0.39 is 16.1 Å². The lowest BCUT2D eigenvalue weighted by Crippen LogP contribution is -2.42. The number of ether oxygens (including phenoxy) is 3. The fraction of sp³-hybridized carbons (Fsp3) is 0.406. The number of benzene rings is 2. The number of nitriles is 1. The number of nitrogens with zero attached hydrogens (tertiary/aromatic N) is 3. The van der Waals surface area contributed by atoms with E-state index in [9.17, 15) is 9.81 Å². The second kappa shape index (κ2) is 13.7. The molecule has 2 aromatic carbocycles. The van der Waals surface area contributed by atoms with E-state index >= 15 is 0 Å². The third kappa shape index (κ3) is 7.48. The average molecular weight is 589 g/mol. The van der Waals surface area contributed by atoms with E-state index in [1.165, 1.54) is 0 Å². The minimum absolute atomic E-state index is 0.160. The fourth-order valence-corrected chi connectivity index (χ4v) is 5.59. The first-order valence-corrected chi connectivity index (χ1v) is 15.4. The van der Waals surface area contributed by atoms with Crippen LogP contribution >= 0.6 is 0 Å². The van der Waals surface area contributed by atoms with Gasteiger partial charge >= 0.3 is 0 Å². The van der Waals surface area contributed by atoms with E-state index in [0.29, 0.717) is 42.4 Å². The molecule has 0 bridgehead atoms. The van der Waals surface area contributed by atoms with Gasteiger partial charge in [0.05, 0.1) is 24.3 Å². The molecule has 2 aromatic heterocycles. The molecule has 0 amide bonds. The number of aromatic nitrogens is 2. The molecule has 1 fully saturated rings. The van der Waals surface area contributed by atoms with E-state index in [1.807, 2.05) is 69.3 Å². The summed E-state index contributed by atoms with van der Waals surface area (Å²) in [6, 6.07) is 20.6. The number of rotatable bonds is 11. The molecule has 3 atom stereocenters. The summed E-state index contributed by atoms with van der Waals surface area (Å²) in [6.07, 6.45) is 3.39. The van der Waals surface area contributed by atoms with Gasteiger partial charge in [-0.25, -0.2) is 4.98 Å². The number of pyridine rings is 1. The van der Waals surface area contributed by atoms with Crippen LogP contribution in [0.5, 0.6) is 5.88 Å². The summed E-state index contributed by atoms with van der Waals surface area (Å²) < 4.78 is 39.1. The first-order chi connectivity index (χ1) is 20.3. The van der Waals surface area contributed by atoms with Crippen molar-refractivity contribution in [1.29, 1.82) is 5.26 Å². The average Bonchev–Trinajstić information content (AvgIpc) is 3.42. The molecule has 1 saturated heterocycles. The van der Waals surface area contributed by atoms with Crippen LogP contribution in [0, 0.1) is 11.3 Å². The van der Waals surface area contributed by atoms with Crippen LogP contribution in [-0.4, -0.2) is 45.6 Å². The largest absolute Gasteiger partial charge is 0.598 e. The maximum atomic E-state index is 13.4. The standard InChI is InChI=1S/C32H36N4O5S/c1-32(2,3)42(37)36-27(20-23-9-8-12-29(34-23)38-17-18-40-30-13-6-7-16-39-30)24-10-4-5-11-25(24)31-26-15-14-22(21-33)19-28(26)41-35-31/h4-5,8-12,14-15,19,27,30,36H,6-7,13,16-18,20H2,1-3H3/t27-,30-,42?/m0/s1. The maximum absolute atomic E-state index is 13.4. The summed E-state index contributed by atoms with van der Waals surface area (Å²) in [7, 11) is 0. The highest BCUT2D eigenvalue weighted by molar-refractivity contribution is 7.90. The summed E-state index contributed by atoms with van der Waals surface area (Å²) in [5.74, 6) is 0.500. The first kappa shape index (κ1) is 30.0. The molecule has 3 heterocycles. The van der Waals surface area contributed by atoms with E-state index in [1.54, 1.807) is 12.1 Å². The van der Waals surface area contributed by atoms with Gasteiger partial charge in [-0.1, -0.05) is 35.5 Å². The lowest BCUT2D eigenvalue weighted by Gasteiger charge is -2.29. The first-order valence-electron chi connectivity index (χ1n) is 14.2. The summed E-state index contributed by atoms with van der Waals surface area (Å²) in [5.41, 5.74) is 4.23. The van der Waals surface area contributed by atoms with Gasteiger partial charge in [-0.3, -0.25) is 0 Å². The van der Waals surface area contributed by atoms with Crippen LogP contribution in [0.3, 0.4) is 0 Å². The van der Waals surface area contributed by atoms with Crippen LogP contribution in [0.4, 0.5) is 0 Å². The summed E-state index contributed by atoms with van der Waals surface area (Å²) in [4.78, 5) is 4.74. The molecule has 1 N–H and O–H groups in total. The van der Waals surface area contributed by atoms with Crippen molar-refractivity contribution in [3.63, 3.8) is 0 Å². The van der Waals surface area contributed by atoms with Gasteiger partial charge < -0.3 is 23.3 Å². The van der Waals surface area contributed by atoms with Crippen LogP contribution in [0.15, 0.2) is 65.2 Å². The molecule has 220 valence electrons. The molecule has 9 nitrogen and oxygen atoms in total. The van der Waals surface area contributed by atoms with Crippen molar-refractivity contribution >= 4 is 22.3 Å². The van der Waals surface area contributed by atoms with Gasteiger partial charge in [0.15, 0.2) is 11.9 Å². The van der Waals surface area contributed by atoms with E-state index in [-0.39, 0.29) is 12.3 Å². The second-order valence-electron chi connectivity index (χ2n) is 11.2. The molecule has 0 spiro atoms. The number of nitrogens with one attached hydrogen (secondary N) is 1. The molecule has 0 aliphatic carbocycles. The Hall–Kier alpha value is -3.46. The minimum atomic E-state index is -1.36. The molecule has 5 rings (SSSR count). The smallest absolute Gasteiger partial charge is 0.213 e. The minimum Gasteiger partial charge on any atom is -0.598 e. The molecule has 1 aliphatic rings. The van der Waals surface area contributed by atoms with Gasteiger partial charge in [-0.2, -0.15) is 5.26 Å². The highest BCUT2D eigenvalue weighted by Crippen LogP contribution is 2.35. The van der Waals surface area contributed by atoms with Gasteiger partial charge in [0.2, 0.25) is 5.88 Å². The fourth-order valence-electron chi connectivity index (χ4n) is 4.77. The predicted molar refractivity (Wildman–Crippen MR) is 161 cm³/mol. The van der Waals surface area contributed by atoms with Crippen molar-refractivity contribution in [2.24, 2.45) is 0 Å². The SMILES string of the molecule is CC(C)(C)[S+]([O-])N[C@@H](Cc1cccc(OCCO[C@H]2CCCCO2)n1)c1ccccc1-c1noc2cc(C#N)ccc12. The van der Waals surface area contributed by atoms with Crippen molar-refractivity contribution in [1.82, 2.24) is 14.9 Å². The Morgan fingerprint density at radius 1 is 1.12 bits per heavy atom. The second-order valence-corrected chi connectivity index (χ2v) is 13.2. The summed E-state index contributed by atoms with van der Waals surface area (Å²) in [6.45, 7) is 7.32. The topological polar surface area (TPSA) is 125 Å². The molecule has 0 saturated carbocycles. The zero-order valence-electron chi connectivity index (χ0n) is 24.2. The Labute approximate surface area is 249 Å². The van der Waals surface area contributed by atoms with Crippen molar-refractivity contribution in [2.45, 2.75) is 63.5 Å². The van der Waals surface area contributed by atoms with E-state index in [4.69, 9.17) is 23.7 Å². The van der Waals surface area contributed by atoms with Crippen LogP contribution in [0.2, 0.25) is 0 Å². The van der Waals surface area contributed by atoms with Crippen molar-refractivity contribution in [3.05, 3.63) is 77.5 Å². The van der Waals surface area contributed by atoms with E-state index in [2.05, 4.69) is 15.9 Å². The van der Waals surface area contributed by atoms with Gasteiger partial charge in [0.25, 0.3) is 0 Å². The third-order valence-electron chi connectivity index (χ3n) is 6.97. The summed E-state index contributed by atoms with van der Waals surface area (Å²) >= 11 is -1.36. The third-order valence-corrected chi connectivity index (χ3v) is 8.58. The van der Waals surface area contributed by atoms with Gasteiger partial charge in [-0.05, 0) is 63.8 Å². The van der Waals surface area contributed by atoms with Crippen LogP contribution < -0.4 is 9.46 Å². The Kier molecular flexibility index (Phi) is 9.77. The molecule has 10 heteroatoms. The van der Waals surface area contributed by atoms with Crippen molar-refractivity contribution < 1.29 is 23.3 Å². The molecule has 1 aliphatic heterocycles. The molecular weight excluding hydrogens is 552 g/mol. The van der Waals surface area contributed by atoms with Crippen LogP contribution in [0.25, 0.3) is 22.2 Å². The molecule has 42 heavy (non-hydrogen) atoms. The van der Waals surface area contributed by atoms with Gasteiger partial charge in [0, 0.05) is 53.2 Å². The summed E-state index contributed by atoms with van der Waals surface area (Å²) in [5, 5.41) is 14.4. The Morgan fingerprint density at radius 3 is 2.76 bits per heavy atom. The highest BCUT2D eigenvalue weighted by atomic mass is 32.2. The Balaban J connectivity index is 1.38. The number of fused-ring (bicyclic) bond motifs is 1. The molecule has 1 unspecified atom stereocenters. The highest BCUT2D eigenvalue weighted by Gasteiger charge is 2.32. The van der Waals surface area contributed by atoms with Crippen LogP contribution in [0.1, 0.15) is 62.9 Å². The maximum Gasteiger partial charge on any atom is 0.213 e. The van der Waals surface area contributed by atoms with Gasteiger partial charge in [0.1, 0.15) is 17.0 Å². The van der Waals surface area contributed by atoms with Crippen LogP contribution in [-0.2, 0) is 27.3 Å². The molecular formula is C32H36N4O5S. The zero-order chi connectivity index (χ0) is 29.5. The lowest BCUT2D eigenvalue weighted by molar-refractivity contribution is -0.165. The Morgan fingerprint density at radius 2 is 1.98 bits per heavy atom. The predicted octanol–water partition coefficient (Wildman–Crippen LogP) is 6.02. The molecule has 0 radical (unpaired) electrons. The zero-order valence-corrected chi connectivity index (χ0v) is 25.0. The van der Waals surface area contributed by atoms with Gasteiger partial charge in [-0.15, -0.1) is 4.72 Å². The van der Waals surface area contributed by atoms with Crippen molar-refractivity contribution in [3.8, 4) is 23.2 Å². The molecule has 4 aromatic rings. The monoisotopic (exact) mass is 588 g/mol. The Bertz CT molecular complexity index is 1520. The quantitative estimate of drug-likeness (QED) is 0.165. The lowest BCUT2D eigenvalue weighted by atomic mass is 9.94. The number of hydrogen-bond donors (Lipinski definition) is 1. The van der Waals surface area contributed by atoms with E-state index in [0.717, 1.165) is 48.1 Å². The number of hydrogen-bond acceptors (Lipinski definition) is 9. The van der Waals surface area contributed by atoms with Crippen molar-refractivity contribution in [2.75, 3.05) is 19.8 Å².